The number of anilines is 1. The van der Waals surface area contributed by atoms with Gasteiger partial charge in [0.25, 0.3) is 0 Å². The maximum Gasteiger partial charge on any atom is 0.241 e. The molecule has 3 aromatic carbocycles. The van der Waals surface area contributed by atoms with Crippen LogP contribution in [0.5, 0.6) is 5.75 Å². The molecule has 7 heteroatoms. The lowest BCUT2D eigenvalue weighted by molar-refractivity contribution is 0.409. The summed E-state index contributed by atoms with van der Waals surface area (Å²) in [6, 6.07) is 17.6. The van der Waals surface area contributed by atoms with Gasteiger partial charge < -0.3 is 10.5 Å². The molecule has 0 heterocycles. The topological polar surface area (TPSA) is 81.4 Å². The average molecular weight is 379 g/mol. The summed E-state index contributed by atoms with van der Waals surface area (Å²) >= 11 is 0. The molecule has 5 nitrogen and oxygen atoms in total. The van der Waals surface area contributed by atoms with Gasteiger partial charge in [0.1, 0.15) is 5.75 Å². The highest BCUT2D eigenvalue weighted by Crippen LogP contribution is 2.27. The number of rotatable bonds is 5. The third-order valence-electron chi connectivity index (χ3n) is 3.85. The number of ether oxygens (including phenoxy) is 1. The Hall–Kier alpha value is -2.28. The minimum atomic E-state index is -3.69. The van der Waals surface area contributed by atoms with Crippen LogP contribution in [0.4, 0.5) is 5.69 Å². The summed E-state index contributed by atoms with van der Waals surface area (Å²) in [5.74, 6) is 0.641. The van der Waals surface area contributed by atoms with Crippen LogP contribution in [0.3, 0.4) is 0 Å². The predicted molar refractivity (Wildman–Crippen MR) is 103 cm³/mol. The second kappa shape index (κ2) is 7.74. The fraction of sp³-hybridized carbons (Fsp3) is 0.111. The van der Waals surface area contributed by atoms with Gasteiger partial charge in [-0.2, -0.15) is 0 Å². The zero-order valence-electron chi connectivity index (χ0n) is 13.6. The summed E-state index contributed by atoms with van der Waals surface area (Å²) in [7, 11) is -2.13. The predicted octanol–water partition coefficient (Wildman–Crippen LogP) is 3.33. The summed E-state index contributed by atoms with van der Waals surface area (Å²) in [4.78, 5) is 0.210. The Balaban J connectivity index is 0.00000225. The third kappa shape index (κ3) is 3.87. The van der Waals surface area contributed by atoms with E-state index in [9.17, 15) is 8.42 Å². The molecule has 0 saturated carbocycles. The van der Waals surface area contributed by atoms with Crippen molar-refractivity contribution in [1.29, 1.82) is 0 Å². The standard InChI is InChI=1S/C18H18N2O3S.ClH/c1-23-17-10-3-2-6-13(17)12-20-24(21,22)18-11-5-7-14-15(18)8-4-9-16(14)19;/h2-11,20H,12,19H2,1H3;1H. The summed E-state index contributed by atoms with van der Waals surface area (Å²) in [5, 5.41) is 1.32. The molecule has 0 unspecified atom stereocenters. The Morgan fingerprint density at radius 1 is 0.960 bits per heavy atom. The summed E-state index contributed by atoms with van der Waals surface area (Å²) < 4.78 is 33.4. The molecule has 0 aliphatic rings. The summed E-state index contributed by atoms with van der Waals surface area (Å²) in [6.07, 6.45) is 0. The molecule has 3 rings (SSSR count). The number of hydrogen-bond donors (Lipinski definition) is 2. The zero-order valence-corrected chi connectivity index (χ0v) is 15.2. The molecule has 0 amide bonds. The number of fused-ring (bicyclic) bond motifs is 1. The van der Waals surface area contributed by atoms with Gasteiger partial charge in [-0.1, -0.05) is 42.5 Å². The Kier molecular flexibility index (Phi) is 5.89. The molecule has 0 radical (unpaired) electrons. The number of hydrogen-bond acceptors (Lipinski definition) is 4. The van der Waals surface area contributed by atoms with Crippen molar-refractivity contribution in [2.24, 2.45) is 0 Å². The molecule has 0 atom stereocenters. The Morgan fingerprint density at radius 2 is 1.64 bits per heavy atom. The Labute approximate surface area is 153 Å². The van der Waals surface area contributed by atoms with Crippen molar-refractivity contribution >= 4 is 38.9 Å². The van der Waals surface area contributed by atoms with Gasteiger partial charge in [0.15, 0.2) is 0 Å². The fourth-order valence-electron chi connectivity index (χ4n) is 2.64. The average Bonchev–Trinajstić information content (AvgIpc) is 2.60. The van der Waals surface area contributed by atoms with Gasteiger partial charge in [-0.3, -0.25) is 0 Å². The van der Waals surface area contributed by atoms with E-state index in [0.29, 0.717) is 16.8 Å². The van der Waals surface area contributed by atoms with Crippen molar-refractivity contribution in [2.75, 3.05) is 12.8 Å². The normalized spacial score (nSPS) is 11.1. The minimum Gasteiger partial charge on any atom is -0.496 e. The van der Waals surface area contributed by atoms with Crippen molar-refractivity contribution in [2.45, 2.75) is 11.4 Å². The lowest BCUT2D eigenvalue weighted by Gasteiger charge is -2.12. The molecule has 0 fully saturated rings. The van der Waals surface area contributed by atoms with E-state index in [-0.39, 0.29) is 23.8 Å². The minimum absolute atomic E-state index is 0. The first kappa shape index (κ1) is 19.1. The quantitative estimate of drug-likeness (QED) is 0.667. The van der Waals surface area contributed by atoms with Crippen LogP contribution >= 0.6 is 12.4 Å². The van der Waals surface area contributed by atoms with Crippen molar-refractivity contribution in [3.63, 3.8) is 0 Å². The molecule has 0 aromatic heterocycles. The zero-order chi connectivity index (χ0) is 17.2. The van der Waals surface area contributed by atoms with Gasteiger partial charge in [0.2, 0.25) is 10.0 Å². The van der Waals surface area contributed by atoms with Gasteiger partial charge in [-0.15, -0.1) is 12.4 Å². The maximum atomic E-state index is 12.7. The van der Waals surface area contributed by atoms with E-state index in [1.54, 1.807) is 43.5 Å². The van der Waals surface area contributed by atoms with Crippen LogP contribution in [0, 0.1) is 0 Å². The first-order chi connectivity index (χ1) is 11.5. The van der Waals surface area contributed by atoms with Crippen LogP contribution in [0.15, 0.2) is 65.6 Å². The highest BCUT2D eigenvalue weighted by atomic mass is 35.5. The number of methoxy groups -OCH3 is 1. The van der Waals surface area contributed by atoms with E-state index in [0.717, 1.165) is 10.9 Å². The van der Waals surface area contributed by atoms with E-state index in [2.05, 4.69) is 4.72 Å². The maximum absolute atomic E-state index is 12.7. The number of para-hydroxylation sites is 1. The molecule has 0 spiro atoms. The molecule has 3 aromatic rings. The van der Waals surface area contributed by atoms with Gasteiger partial charge in [0.05, 0.1) is 12.0 Å². The van der Waals surface area contributed by atoms with E-state index in [1.807, 2.05) is 24.3 Å². The number of nitrogens with two attached hydrogens (primary N) is 1. The molecule has 3 N–H and O–H groups in total. The molecule has 0 aliphatic heterocycles. The van der Waals surface area contributed by atoms with Crippen LogP contribution in [-0.4, -0.2) is 15.5 Å². The monoisotopic (exact) mass is 378 g/mol. The van der Waals surface area contributed by atoms with Crippen molar-refractivity contribution < 1.29 is 13.2 Å². The van der Waals surface area contributed by atoms with Gasteiger partial charge >= 0.3 is 0 Å². The Morgan fingerprint density at radius 3 is 2.40 bits per heavy atom. The van der Waals surface area contributed by atoms with Crippen molar-refractivity contribution in [1.82, 2.24) is 4.72 Å². The SMILES string of the molecule is COc1ccccc1CNS(=O)(=O)c1cccc2c(N)cccc12.Cl. The van der Waals surface area contributed by atoms with Crippen LogP contribution in [0.25, 0.3) is 10.8 Å². The van der Waals surface area contributed by atoms with Crippen LogP contribution in [0.1, 0.15) is 5.56 Å². The second-order valence-electron chi connectivity index (χ2n) is 5.33. The first-order valence-corrected chi connectivity index (χ1v) is 8.90. The smallest absolute Gasteiger partial charge is 0.241 e. The second-order valence-corrected chi connectivity index (χ2v) is 7.07. The highest BCUT2D eigenvalue weighted by molar-refractivity contribution is 7.89. The van der Waals surface area contributed by atoms with E-state index in [1.165, 1.54) is 0 Å². The lowest BCUT2D eigenvalue weighted by atomic mass is 10.1. The van der Waals surface area contributed by atoms with Crippen LogP contribution in [0.2, 0.25) is 0 Å². The molecular formula is C18H19ClN2O3S. The fourth-order valence-corrected chi connectivity index (χ4v) is 3.87. The van der Waals surface area contributed by atoms with Crippen LogP contribution < -0.4 is 15.2 Å². The molecule has 25 heavy (non-hydrogen) atoms. The summed E-state index contributed by atoms with van der Waals surface area (Å²) in [6.45, 7) is 0.144. The molecule has 0 bridgehead atoms. The number of halogens is 1. The van der Waals surface area contributed by atoms with E-state index < -0.39 is 10.0 Å². The van der Waals surface area contributed by atoms with E-state index in [4.69, 9.17) is 10.5 Å². The van der Waals surface area contributed by atoms with E-state index >= 15 is 0 Å². The Bertz CT molecular complexity index is 991. The summed E-state index contributed by atoms with van der Waals surface area (Å²) in [5.41, 5.74) is 7.26. The number of nitrogen functional groups attached to an aromatic ring is 1. The number of nitrogens with one attached hydrogen (secondary N) is 1. The third-order valence-corrected chi connectivity index (χ3v) is 5.31. The highest BCUT2D eigenvalue weighted by Gasteiger charge is 2.18. The van der Waals surface area contributed by atoms with Gasteiger partial charge in [0, 0.05) is 28.6 Å². The molecule has 0 aliphatic carbocycles. The number of sulfonamides is 1. The molecular weight excluding hydrogens is 360 g/mol. The van der Waals surface area contributed by atoms with Gasteiger partial charge in [-0.05, 0) is 18.2 Å². The lowest BCUT2D eigenvalue weighted by Crippen LogP contribution is -2.23. The molecule has 0 saturated heterocycles. The van der Waals surface area contributed by atoms with Crippen molar-refractivity contribution in [3.8, 4) is 5.75 Å². The molecule has 132 valence electrons. The largest absolute Gasteiger partial charge is 0.496 e. The number of benzene rings is 3. The van der Waals surface area contributed by atoms with Crippen molar-refractivity contribution in [3.05, 3.63) is 66.2 Å². The first-order valence-electron chi connectivity index (χ1n) is 7.42. The van der Waals surface area contributed by atoms with Gasteiger partial charge in [-0.25, -0.2) is 13.1 Å². The van der Waals surface area contributed by atoms with Crippen LogP contribution in [-0.2, 0) is 16.6 Å².